The lowest BCUT2D eigenvalue weighted by molar-refractivity contribution is 0.451. The van der Waals surface area contributed by atoms with Crippen molar-refractivity contribution >= 4 is 10.0 Å². The van der Waals surface area contributed by atoms with Gasteiger partial charge in [0.1, 0.15) is 0 Å². The van der Waals surface area contributed by atoms with Gasteiger partial charge in [-0.15, -0.1) is 0 Å². The minimum Gasteiger partial charge on any atom is -0.319 e. The zero-order chi connectivity index (χ0) is 15.5. The van der Waals surface area contributed by atoms with E-state index < -0.39 is 10.0 Å². The summed E-state index contributed by atoms with van der Waals surface area (Å²) >= 11 is 0. The number of rotatable bonds is 6. The van der Waals surface area contributed by atoms with Gasteiger partial charge in [-0.1, -0.05) is 26.0 Å². The molecule has 1 heterocycles. The highest BCUT2D eigenvalue weighted by atomic mass is 32.2. The average Bonchev–Trinajstić information content (AvgIpc) is 2.88. The Hall–Kier alpha value is -0.910. The highest BCUT2D eigenvalue weighted by Crippen LogP contribution is 2.24. The van der Waals surface area contributed by atoms with E-state index in [1.54, 1.807) is 16.4 Å². The van der Waals surface area contributed by atoms with Gasteiger partial charge >= 0.3 is 0 Å². The topological polar surface area (TPSA) is 49.4 Å². The summed E-state index contributed by atoms with van der Waals surface area (Å²) in [5, 5.41) is 3.13. The molecule has 21 heavy (non-hydrogen) atoms. The minimum atomic E-state index is -3.33. The van der Waals surface area contributed by atoms with Gasteiger partial charge in [-0.3, -0.25) is 0 Å². The molecule has 0 aliphatic carbocycles. The van der Waals surface area contributed by atoms with Crippen molar-refractivity contribution in [3.05, 3.63) is 29.8 Å². The lowest BCUT2D eigenvalue weighted by Gasteiger charge is -2.17. The van der Waals surface area contributed by atoms with Crippen molar-refractivity contribution in [2.45, 2.75) is 31.6 Å². The molecule has 1 N–H and O–H groups in total. The number of sulfonamides is 1. The van der Waals surface area contributed by atoms with Gasteiger partial charge in [0.2, 0.25) is 10.0 Å². The summed E-state index contributed by atoms with van der Waals surface area (Å²) in [6.45, 7) is 6.45. The molecule has 1 unspecified atom stereocenters. The molecule has 5 heteroatoms. The molecule has 118 valence electrons. The van der Waals surface area contributed by atoms with Crippen LogP contribution < -0.4 is 5.32 Å². The van der Waals surface area contributed by atoms with Gasteiger partial charge in [-0.2, -0.15) is 4.31 Å². The van der Waals surface area contributed by atoms with Crippen molar-refractivity contribution in [2.75, 3.05) is 26.7 Å². The first kappa shape index (κ1) is 16.5. The van der Waals surface area contributed by atoms with Crippen LogP contribution in [0.5, 0.6) is 0 Å². The Balaban J connectivity index is 2.09. The van der Waals surface area contributed by atoms with Gasteiger partial charge in [0.15, 0.2) is 0 Å². The van der Waals surface area contributed by atoms with Crippen molar-refractivity contribution in [3.8, 4) is 0 Å². The predicted octanol–water partition coefficient (Wildman–Crippen LogP) is 2.12. The van der Waals surface area contributed by atoms with Gasteiger partial charge in [0.25, 0.3) is 0 Å². The summed E-state index contributed by atoms with van der Waals surface area (Å²) in [6.07, 6.45) is 1.92. The van der Waals surface area contributed by atoms with Crippen molar-refractivity contribution < 1.29 is 8.42 Å². The minimum absolute atomic E-state index is 0.417. The van der Waals surface area contributed by atoms with Crippen LogP contribution in [-0.4, -0.2) is 39.4 Å². The van der Waals surface area contributed by atoms with E-state index in [2.05, 4.69) is 19.2 Å². The summed E-state index contributed by atoms with van der Waals surface area (Å²) in [4.78, 5) is 0.417. The Morgan fingerprint density at radius 3 is 2.52 bits per heavy atom. The van der Waals surface area contributed by atoms with E-state index >= 15 is 0 Å². The van der Waals surface area contributed by atoms with E-state index in [0.29, 0.717) is 29.8 Å². The molecule has 1 aliphatic heterocycles. The van der Waals surface area contributed by atoms with E-state index in [1.807, 2.05) is 19.2 Å². The molecule has 1 aliphatic rings. The number of nitrogens with one attached hydrogen (secondary N) is 1. The third-order valence-electron chi connectivity index (χ3n) is 3.95. The molecule has 1 aromatic carbocycles. The van der Waals surface area contributed by atoms with Crippen LogP contribution in [0.3, 0.4) is 0 Å². The van der Waals surface area contributed by atoms with Crippen molar-refractivity contribution in [1.29, 1.82) is 0 Å². The fraction of sp³-hybridized carbons (Fsp3) is 0.625. The molecule has 1 aromatic rings. The van der Waals surface area contributed by atoms with E-state index in [-0.39, 0.29) is 0 Å². The van der Waals surface area contributed by atoms with Gasteiger partial charge in [-0.05, 0) is 56.0 Å². The van der Waals surface area contributed by atoms with Crippen molar-refractivity contribution in [2.24, 2.45) is 11.8 Å². The van der Waals surface area contributed by atoms with Crippen LogP contribution in [0, 0.1) is 11.8 Å². The van der Waals surface area contributed by atoms with Gasteiger partial charge in [0.05, 0.1) is 4.90 Å². The van der Waals surface area contributed by atoms with E-state index in [0.717, 1.165) is 19.4 Å². The fourth-order valence-electron chi connectivity index (χ4n) is 2.89. The summed E-state index contributed by atoms with van der Waals surface area (Å²) in [7, 11) is -1.42. The molecule has 0 aromatic heterocycles. The lowest BCUT2D eigenvalue weighted by atomic mass is 10.0. The molecule has 1 saturated heterocycles. The number of hydrogen-bond acceptors (Lipinski definition) is 3. The van der Waals surface area contributed by atoms with Crippen LogP contribution in [0.15, 0.2) is 29.2 Å². The maximum absolute atomic E-state index is 12.6. The standard InChI is InChI=1S/C16H26N2O2S/c1-13(2)10-14-4-6-16(7-5-14)21(19,20)18-9-8-15(12-18)11-17-3/h4-7,13,15,17H,8-12H2,1-3H3. The zero-order valence-corrected chi connectivity index (χ0v) is 14.0. The second-order valence-corrected chi connectivity index (χ2v) is 8.26. The fourth-order valence-corrected chi connectivity index (χ4v) is 4.42. The molecule has 0 spiro atoms. The molecule has 1 fully saturated rings. The molecule has 0 saturated carbocycles. The second-order valence-electron chi connectivity index (χ2n) is 6.32. The quantitative estimate of drug-likeness (QED) is 0.875. The van der Waals surface area contributed by atoms with Crippen LogP contribution in [0.1, 0.15) is 25.8 Å². The molecule has 0 amide bonds. The SMILES string of the molecule is CNCC1CCN(S(=O)(=O)c2ccc(CC(C)C)cc2)C1. The van der Waals surface area contributed by atoms with Gasteiger partial charge in [-0.25, -0.2) is 8.42 Å². The lowest BCUT2D eigenvalue weighted by Crippen LogP contribution is -2.30. The predicted molar refractivity (Wildman–Crippen MR) is 85.8 cm³/mol. The monoisotopic (exact) mass is 310 g/mol. The second kappa shape index (κ2) is 6.90. The Morgan fingerprint density at radius 1 is 1.29 bits per heavy atom. The highest BCUT2D eigenvalue weighted by Gasteiger charge is 2.32. The van der Waals surface area contributed by atoms with E-state index in [4.69, 9.17) is 0 Å². The summed E-state index contributed by atoms with van der Waals surface area (Å²) in [6, 6.07) is 7.37. The number of hydrogen-bond donors (Lipinski definition) is 1. The Labute approximate surface area is 128 Å². The van der Waals surface area contributed by atoms with Crippen molar-refractivity contribution in [3.63, 3.8) is 0 Å². The Morgan fingerprint density at radius 2 is 1.95 bits per heavy atom. The molecule has 0 radical (unpaired) electrons. The normalized spacial score (nSPS) is 20.3. The largest absolute Gasteiger partial charge is 0.319 e. The first-order chi connectivity index (χ1) is 9.93. The van der Waals surface area contributed by atoms with Crippen LogP contribution in [0.4, 0.5) is 0 Å². The van der Waals surface area contributed by atoms with Crippen LogP contribution >= 0.6 is 0 Å². The molecule has 0 bridgehead atoms. The smallest absolute Gasteiger partial charge is 0.243 e. The summed E-state index contributed by atoms with van der Waals surface area (Å²) in [5.74, 6) is 0.998. The Kier molecular flexibility index (Phi) is 5.41. The highest BCUT2D eigenvalue weighted by molar-refractivity contribution is 7.89. The van der Waals surface area contributed by atoms with Crippen molar-refractivity contribution in [1.82, 2.24) is 9.62 Å². The molecule has 2 rings (SSSR count). The number of nitrogens with zero attached hydrogens (tertiary/aromatic N) is 1. The Bertz CT molecular complexity index is 552. The van der Waals surface area contributed by atoms with Crippen LogP contribution in [0.2, 0.25) is 0 Å². The molecular formula is C16H26N2O2S. The van der Waals surface area contributed by atoms with E-state index in [1.165, 1.54) is 5.56 Å². The summed E-state index contributed by atoms with van der Waals surface area (Å²) < 4.78 is 26.9. The first-order valence-electron chi connectivity index (χ1n) is 7.67. The third-order valence-corrected chi connectivity index (χ3v) is 5.83. The zero-order valence-electron chi connectivity index (χ0n) is 13.2. The third kappa shape index (κ3) is 4.05. The summed E-state index contributed by atoms with van der Waals surface area (Å²) in [5.41, 5.74) is 1.19. The molecular weight excluding hydrogens is 284 g/mol. The average molecular weight is 310 g/mol. The maximum atomic E-state index is 12.6. The van der Waals surface area contributed by atoms with Crippen LogP contribution in [-0.2, 0) is 16.4 Å². The van der Waals surface area contributed by atoms with E-state index in [9.17, 15) is 8.42 Å². The first-order valence-corrected chi connectivity index (χ1v) is 9.11. The number of benzene rings is 1. The van der Waals surface area contributed by atoms with Gasteiger partial charge < -0.3 is 5.32 Å². The van der Waals surface area contributed by atoms with Crippen LogP contribution in [0.25, 0.3) is 0 Å². The molecule has 4 nitrogen and oxygen atoms in total. The maximum Gasteiger partial charge on any atom is 0.243 e. The molecule has 1 atom stereocenters. The van der Waals surface area contributed by atoms with Gasteiger partial charge in [0, 0.05) is 13.1 Å².